The largest absolute Gasteiger partial charge is 0.466 e. The molecular weight excluding hydrogens is 342 g/mol. The van der Waals surface area contributed by atoms with E-state index in [0.717, 1.165) is 44.9 Å². The van der Waals surface area contributed by atoms with Gasteiger partial charge in [-0.25, -0.2) is 0 Å². The SMILES string of the molecule is CCCOCc1ccccc1CNC(=NC)N1CCC(C(=O)OCC)CC1. The third kappa shape index (κ3) is 6.54. The molecule has 0 atom stereocenters. The van der Waals surface area contributed by atoms with Gasteiger partial charge >= 0.3 is 5.97 Å². The second-order valence-corrected chi connectivity index (χ2v) is 6.74. The predicted molar refractivity (Wildman–Crippen MR) is 108 cm³/mol. The highest BCUT2D eigenvalue weighted by Crippen LogP contribution is 2.19. The average Bonchev–Trinajstić information content (AvgIpc) is 2.70. The number of benzene rings is 1. The number of carbonyl (C=O) groups excluding carboxylic acids is 1. The van der Waals surface area contributed by atoms with Gasteiger partial charge in [0.2, 0.25) is 0 Å². The van der Waals surface area contributed by atoms with Crippen molar-refractivity contribution in [2.45, 2.75) is 46.3 Å². The summed E-state index contributed by atoms with van der Waals surface area (Å²) in [6.07, 6.45) is 2.64. The maximum absolute atomic E-state index is 11.9. The second kappa shape index (κ2) is 11.6. The van der Waals surface area contributed by atoms with E-state index in [1.165, 1.54) is 11.1 Å². The van der Waals surface area contributed by atoms with E-state index in [-0.39, 0.29) is 11.9 Å². The predicted octanol–water partition coefficient (Wildman–Crippen LogP) is 2.96. The number of nitrogens with zero attached hydrogens (tertiary/aromatic N) is 2. The van der Waals surface area contributed by atoms with E-state index < -0.39 is 0 Å². The minimum Gasteiger partial charge on any atom is -0.466 e. The zero-order valence-electron chi connectivity index (χ0n) is 16.9. The molecule has 0 aliphatic carbocycles. The maximum Gasteiger partial charge on any atom is 0.309 e. The van der Waals surface area contributed by atoms with Crippen molar-refractivity contribution in [2.75, 3.05) is 33.4 Å². The van der Waals surface area contributed by atoms with Crippen LogP contribution in [0.2, 0.25) is 0 Å². The molecule has 0 amide bonds. The Bertz CT molecular complexity index is 610. The third-order valence-corrected chi connectivity index (χ3v) is 4.79. The van der Waals surface area contributed by atoms with Gasteiger partial charge in [-0.1, -0.05) is 31.2 Å². The van der Waals surface area contributed by atoms with Crippen LogP contribution in [0, 0.1) is 5.92 Å². The van der Waals surface area contributed by atoms with Crippen molar-refractivity contribution in [3.8, 4) is 0 Å². The standard InChI is InChI=1S/C21H33N3O3/c1-4-14-26-16-19-9-7-6-8-18(19)15-23-21(22-3)24-12-10-17(11-13-24)20(25)27-5-2/h6-9,17H,4-5,10-16H2,1-3H3,(H,22,23). The summed E-state index contributed by atoms with van der Waals surface area (Å²) in [5, 5.41) is 3.46. The first-order valence-corrected chi connectivity index (χ1v) is 9.96. The number of hydrogen-bond acceptors (Lipinski definition) is 4. The van der Waals surface area contributed by atoms with Gasteiger partial charge in [0.25, 0.3) is 0 Å². The Labute approximate surface area is 162 Å². The van der Waals surface area contributed by atoms with Gasteiger partial charge < -0.3 is 19.7 Å². The van der Waals surface area contributed by atoms with E-state index >= 15 is 0 Å². The Kier molecular flexibility index (Phi) is 9.11. The summed E-state index contributed by atoms with van der Waals surface area (Å²) in [6.45, 7) is 8.15. The number of ether oxygens (including phenoxy) is 2. The topological polar surface area (TPSA) is 63.2 Å². The van der Waals surface area contributed by atoms with E-state index in [9.17, 15) is 4.79 Å². The Morgan fingerprint density at radius 1 is 1.22 bits per heavy atom. The normalized spacial score (nSPS) is 15.7. The van der Waals surface area contributed by atoms with E-state index in [2.05, 4.69) is 34.3 Å². The molecular formula is C21H33N3O3. The van der Waals surface area contributed by atoms with Gasteiger partial charge in [0, 0.05) is 33.3 Å². The molecule has 0 spiro atoms. The highest BCUT2D eigenvalue weighted by Gasteiger charge is 2.27. The molecule has 1 aliphatic rings. The fourth-order valence-electron chi connectivity index (χ4n) is 3.29. The van der Waals surface area contributed by atoms with Crippen LogP contribution < -0.4 is 5.32 Å². The first kappa shape index (κ1) is 21.2. The average molecular weight is 376 g/mol. The number of hydrogen-bond donors (Lipinski definition) is 1. The summed E-state index contributed by atoms with van der Waals surface area (Å²) in [5.74, 6) is 0.818. The number of guanidine groups is 1. The van der Waals surface area contributed by atoms with Crippen LogP contribution in [0.3, 0.4) is 0 Å². The molecule has 150 valence electrons. The van der Waals surface area contributed by atoms with Crippen molar-refractivity contribution in [1.29, 1.82) is 0 Å². The first-order valence-electron chi connectivity index (χ1n) is 9.96. The molecule has 27 heavy (non-hydrogen) atoms. The van der Waals surface area contributed by atoms with Gasteiger partial charge in [-0.2, -0.15) is 0 Å². The van der Waals surface area contributed by atoms with Crippen molar-refractivity contribution >= 4 is 11.9 Å². The molecule has 1 saturated heterocycles. The van der Waals surface area contributed by atoms with Gasteiger partial charge in [0.05, 0.1) is 19.1 Å². The Balaban J connectivity index is 1.87. The maximum atomic E-state index is 11.9. The molecule has 2 rings (SSSR count). The van der Waals surface area contributed by atoms with Crippen molar-refractivity contribution in [2.24, 2.45) is 10.9 Å². The molecule has 1 fully saturated rings. The molecule has 6 nitrogen and oxygen atoms in total. The molecule has 1 aliphatic heterocycles. The summed E-state index contributed by atoms with van der Waals surface area (Å²) in [4.78, 5) is 18.5. The fourth-order valence-corrected chi connectivity index (χ4v) is 3.29. The van der Waals surface area contributed by atoms with Gasteiger partial charge in [0.15, 0.2) is 5.96 Å². The summed E-state index contributed by atoms with van der Waals surface area (Å²) >= 11 is 0. The smallest absolute Gasteiger partial charge is 0.309 e. The van der Waals surface area contributed by atoms with Gasteiger partial charge in [-0.3, -0.25) is 9.79 Å². The van der Waals surface area contributed by atoms with Crippen molar-refractivity contribution in [3.05, 3.63) is 35.4 Å². The number of rotatable bonds is 8. The first-order chi connectivity index (χ1) is 13.2. The van der Waals surface area contributed by atoms with Crippen molar-refractivity contribution < 1.29 is 14.3 Å². The number of aliphatic imine (C=N–C) groups is 1. The highest BCUT2D eigenvalue weighted by molar-refractivity contribution is 5.80. The lowest BCUT2D eigenvalue weighted by Crippen LogP contribution is -2.46. The number of carbonyl (C=O) groups is 1. The lowest BCUT2D eigenvalue weighted by Gasteiger charge is -2.33. The highest BCUT2D eigenvalue weighted by atomic mass is 16.5. The lowest BCUT2D eigenvalue weighted by molar-refractivity contribution is -0.149. The Morgan fingerprint density at radius 2 is 1.93 bits per heavy atom. The van der Waals surface area contributed by atoms with Crippen molar-refractivity contribution in [1.82, 2.24) is 10.2 Å². The van der Waals surface area contributed by atoms with E-state index in [0.29, 0.717) is 19.8 Å². The van der Waals surface area contributed by atoms with Crippen LogP contribution in [-0.4, -0.2) is 50.2 Å². The molecule has 0 radical (unpaired) electrons. The zero-order valence-corrected chi connectivity index (χ0v) is 16.9. The molecule has 0 unspecified atom stereocenters. The zero-order chi connectivity index (χ0) is 19.5. The van der Waals surface area contributed by atoms with E-state index in [1.54, 1.807) is 7.05 Å². The van der Waals surface area contributed by atoms with Crippen LogP contribution >= 0.6 is 0 Å². The molecule has 0 aromatic heterocycles. The minimum absolute atomic E-state index is 0.00995. The third-order valence-electron chi connectivity index (χ3n) is 4.79. The van der Waals surface area contributed by atoms with Crippen molar-refractivity contribution in [3.63, 3.8) is 0 Å². The second-order valence-electron chi connectivity index (χ2n) is 6.74. The lowest BCUT2D eigenvalue weighted by atomic mass is 9.97. The van der Waals surface area contributed by atoms with Crippen LogP contribution in [-0.2, 0) is 27.4 Å². The van der Waals surface area contributed by atoms with Crippen LogP contribution in [0.25, 0.3) is 0 Å². The molecule has 0 saturated carbocycles. The Morgan fingerprint density at radius 3 is 2.56 bits per heavy atom. The van der Waals surface area contributed by atoms with Gasteiger partial charge in [-0.15, -0.1) is 0 Å². The van der Waals surface area contributed by atoms with Crippen LogP contribution in [0.5, 0.6) is 0 Å². The Hall–Kier alpha value is -2.08. The molecule has 0 bridgehead atoms. The molecule has 6 heteroatoms. The van der Waals surface area contributed by atoms with Crippen LogP contribution in [0.4, 0.5) is 0 Å². The molecule has 1 aromatic rings. The monoisotopic (exact) mass is 375 g/mol. The number of likely N-dealkylation sites (tertiary alicyclic amines) is 1. The molecule has 1 N–H and O–H groups in total. The van der Waals surface area contributed by atoms with Crippen LogP contribution in [0.1, 0.15) is 44.2 Å². The van der Waals surface area contributed by atoms with E-state index in [1.807, 2.05) is 19.1 Å². The number of esters is 1. The minimum atomic E-state index is -0.0684. The summed E-state index contributed by atoms with van der Waals surface area (Å²) in [5.41, 5.74) is 2.42. The van der Waals surface area contributed by atoms with Crippen LogP contribution in [0.15, 0.2) is 29.3 Å². The quantitative estimate of drug-likeness (QED) is 0.328. The van der Waals surface area contributed by atoms with Gasteiger partial charge in [-0.05, 0) is 37.3 Å². The number of nitrogens with one attached hydrogen (secondary N) is 1. The summed E-state index contributed by atoms with van der Waals surface area (Å²) in [7, 11) is 1.80. The molecule has 1 heterocycles. The summed E-state index contributed by atoms with van der Waals surface area (Å²) in [6, 6.07) is 8.33. The van der Waals surface area contributed by atoms with E-state index in [4.69, 9.17) is 9.47 Å². The molecule has 1 aromatic carbocycles. The summed E-state index contributed by atoms with van der Waals surface area (Å²) < 4.78 is 10.8. The van der Waals surface area contributed by atoms with Gasteiger partial charge in [0.1, 0.15) is 0 Å². The fraction of sp³-hybridized carbons (Fsp3) is 0.619. The number of piperidine rings is 1.